The maximum atomic E-state index is 13.2. The van der Waals surface area contributed by atoms with Crippen molar-refractivity contribution in [3.63, 3.8) is 0 Å². The first-order chi connectivity index (χ1) is 13.0. The number of piperidine rings is 1. The highest BCUT2D eigenvalue weighted by molar-refractivity contribution is 5.94. The summed E-state index contributed by atoms with van der Waals surface area (Å²) in [6, 6.07) is 5.56. The second kappa shape index (κ2) is 9.16. The van der Waals surface area contributed by atoms with Gasteiger partial charge in [-0.15, -0.1) is 0 Å². The Morgan fingerprint density at radius 3 is 2.48 bits per heavy atom. The van der Waals surface area contributed by atoms with Gasteiger partial charge in [0.15, 0.2) is 0 Å². The van der Waals surface area contributed by atoms with Crippen molar-refractivity contribution < 1.29 is 13.9 Å². The third kappa shape index (κ3) is 5.08. The molecular formula is C22H33FN2O2. The number of rotatable bonds is 5. The second-order valence-electron chi connectivity index (χ2n) is 8.49. The molecule has 1 saturated carbocycles. The highest BCUT2D eigenvalue weighted by atomic mass is 19.1. The third-order valence-electron chi connectivity index (χ3n) is 6.35. The number of halogens is 1. The Morgan fingerprint density at radius 2 is 1.85 bits per heavy atom. The van der Waals surface area contributed by atoms with Gasteiger partial charge in [-0.05, 0) is 74.6 Å². The van der Waals surface area contributed by atoms with Crippen LogP contribution in [0.25, 0.3) is 0 Å². The molecule has 1 saturated heterocycles. The molecule has 1 aromatic rings. The van der Waals surface area contributed by atoms with E-state index in [4.69, 9.17) is 10.5 Å². The fourth-order valence-corrected chi connectivity index (χ4v) is 4.47. The lowest BCUT2D eigenvalue weighted by Crippen LogP contribution is -2.56. The van der Waals surface area contributed by atoms with Crippen LogP contribution in [0.1, 0.15) is 62.7 Å². The maximum absolute atomic E-state index is 13.2. The van der Waals surface area contributed by atoms with Gasteiger partial charge in [0.05, 0.1) is 18.8 Å². The van der Waals surface area contributed by atoms with Gasteiger partial charge in [-0.25, -0.2) is 4.39 Å². The number of nitrogens with zero attached hydrogens (tertiary/aromatic N) is 1. The quantitative estimate of drug-likeness (QED) is 0.845. The van der Waals surface area contributed by atoms with Crippen LogP contribution in [0.4, 0.5) is 4.39 Å². The minimum absolute atomic E-state index is 0.0739. The summed E-state index contributed by atoms with van der Waals surface area (Å²) < 4.78 is 19.4. The molecule has 1 aliphatic heterocycles. The van der Waals surface area contributed by atoms with Gasteiger partial charge < -0.3 is 15.4 Å². The molecule has 1 heterocycles. The summed E-state index contributed by atoms with van der Waals surface area (Å²) in [4.78, 5) is 14.8. The summed E-state index contributed by atoms with van der Waals surface area (Å²) in [5, 5.41) is 0. The van der Waals surface area contributed by atoms with Crippen LogP contribution in [-0.2, 0) is 4.74 Å². The first-order valence-corrected chi connectivity index (χ1v) is 10.4. The molecule has 2 N–H and O–H groups in total. The molecule has 4 nitrogen and oxygen atoms in total. The van der Waals surface area contributed by atoms with Crippen molar-refractivity contribution in [3.8, 4) is 0 Å². The van der Waals surface area contributed by atoms with Gasteiger partial charge >= 0.3 is 0 Å². The Bertz CT molecular complexity index is 611. The van der Waals surface area contributed by atoms with Gasteiger partial charge in [-0.1, -0.05) is 13.8 Å². The second-order valence-corrected chi connectivity index (χ2v) is 8.49. The number of carbonyl (C=O) groups excluding carboxylic acids is 1. The van der Waals surface area contributed by atoms with Crippen molar-refractivity contribution >= 4 is 5.91 Å². The summed E-state index contributed by atoms with van der Waals surface area (Å²) >= 11 is 0. The molecule has 1 amide bonds. The summed E-state index contributed by atoms with van der Waals surface area (Å²) in [5.74, 6) is 1.13. The van der Waals surface area contributed by atoms with E-state index < -0.39 is 0 Å². The SMILES string of the molecule is CC(C)[C@H]1CC[C@@H](OC[C@H]2[C@@H](N)CCCN2C(=O)c2ccc(F)cc2)CC1. The van der Waals surface area contributed by atoms with E-state index in [2.05, 4.69) is 13.8 Å². The Morgan fingerprint density at radius 1 is 1.19 bits per heavy atom. The predicted molar refractivity (Wildman–Crippen MR) is 105 cm³/mol. The van der Waals surface area contributed by atoms with E-state index in [1.165, 1.54) is 25.0 Å². The van der Waals surface area contributed by atoms with Crippen LogP contribution < -0.4 is 5.73 Å². The molecule has 1 aliphatic carbocycles. The van der Waals surface area contributed by atoms with Crippen LogP contribution in [-0.4, -0.2) is 42.1 Å². The highest BCUT2D eigenvalue weighted by Crippen LogP contribution is 2.31. The topological polar surface area (TPSA) is 55.6 Å². The van der Waals surface area contributed by atoms with Gasteiger partial charge in [0.25, 0.3) is 5.91 Å². The van der Waals surface area contributed by atoms with E-state index in [1.807, 2.05) is 4.90 Å². The van der Waals surface area contributed by atoms with Gasteiger partial charge in [0.1, 0.15) is 5.82 Å². The van der Waals surface area contributed by atoms with Crippen LogP contribution in [0.2, 0.25) is 0 Å². The summed E-state index contributed by atoms with van der Waals surface area (Å²) in [6.07, 6.45) is 6.70. The molecular weight excluding hydrogens is 343 g/mol. The van der Waals surface area contributed by atoms with Crippen LogP contribution >= 0.6 is 0 Å². The Labute approximate surface area is 162 Å². The Balaban J connectivity index is 1.59. The van der Waals surface area contributed by atoms with Crippen molar-refractivity contribution in [3.05, 3.63) is 35.6 Å². The van der Waals surface area contributed by atoms with Gasteiger partial charge in [-0.2, -0.15) is 0 Å². The number of carbonyl (C=O) groups is 1. The number of amides is 1. The Hall–Kier alpha value is -1.46. The average molecular weight is 377 g/mol. The molecule has 150 valence electrons. The lowest BCUT2D eigenvalue weighted by molar-refractivity contribution is -0.0268. The zero-order valence-corrected chi connectivity index (χ0v) is 16.6. The lowest BCUT2D eigenvalue weighted by atomic mass is 9.80. The van der Waals surface area contributed by atoms with Gasteiger partial charge in [0.2, 0.25) is 0 Å². The number of likely N-dealkylation sites (tertiary alicyclic amines) is 1. The van der Waals surface area contributed by atoms with Crippen LogP contribution in [0.5, 0.6) is 0 Å². The summed E-state index contributed by atoms with van der Waals surface area (Å²) in [6.45, 7) is 5.76. The fraction of sp³-hybridized carbons (Fsp3) is 0.682. The van der Waals surface area contributed by atoms with Crippen molar-refractivity contribution in [2.75, 3.05) is 13.2 Å². The van der Waals surface area contributed by atoms with E-state index in [0.717, 1.165) is 37.5 Å². The minimum Gasteiger partial charge on any atom is -0.376 e. The van der Waals surface area contributed by atoms with E-state index >= 15 is 0 Å². The highest BCUT2D eigenvalue weighted by Gasteiger charge is 2.34. The summed E-state index contributed by atoms with van der Waals surface area (Å²) in [7, 11) is 0. The molecule has 0 bridgehead atoms. The van der Waals surface area contributed by atoms with Crippen LogP contribution in [0.3, 0.4) is 0 Å². The molecule has 5 heteroatoms. The molecule has 0 unspecified atom stereocenters. The number of benzene rings is 1. The molecule has 2 aliphatic rings. The summed E-state index contributed by atoms with van der Waals surface area (Å²) in [5.41, 5.74) is 6.86. The third-order valence-corrected chi connectivity index (χ3v) is 6.35. The zero-order valence-electron chi connectivity index (χ0n) is 16.6. The average Bonchev–Trinajstić information content (AvgIpc) is 2.67. The molecule has 3 rings (SSSR count). The van der Waals surface area contributed by atoms with Crippen LogP contribution in [0, 0.1) is 17.7 Å². The normalized spacial score (nSPS) is 29.1. The van der Waals surface area contributed by atoms with Crippen LogP contribution in [0.15, 0.2) is 24.3 Å². The number of ether oxygens (including phenoxy) is 1. The van der Waals surface area contributed by atoms with Gasteiger partial charge in [0, 0.05) is 18.2 Å². The number of nitrogens with two attached hydrogens (primary N) is 1. The van der Waals surface area contributed by atoms with Crippen molar-refractivity contribution in [2.45, 2.75) is 70.6 Å². The predicted octanol–water partition coefficient (Wildman–Crippen LogP) is 3.99. The van der Waals surface area contributed by atoms with E-state index in [0.29, 0.717) is 18.7 Å². The molecule has 27 heavy (non-hydrogen) atoms. The maximum Gasteiger partial charge on any atom is 0.254 e. The molecule has 2 fully saturated rings. The molecule has 0 aromatic heterocycles. The minimum atomic E-state index is -0.334. The Kier molecular flexibility index (Phi) is 6.88. The van der Waals surface area contributed by atoms with Crippen molar-refractivity contribution in [1.29, 1.82) is 0 Å². The zero-order chi connectivity index (χ0) is 19.4. The fourth-order valence-electron chi connectivity index (χ4n) is 4.47. The molecule has 2 atom stereocenters. The molecule has 1 aromatic carbocycles. The molecule has 0 radical (unpaired) electrons. The van der Waals surface area contributed by atoms with Gasteiger partial charge in [-0.3, -0.25) is 4.79 Å². The van der Waals surface area contributed by atoms with Crippen molar-refractivity contribution in [1.82, 2.24) is 4.90 Å². The van der Waals surface area contributed by atoms with E-state index in [1.54, 1.807) is 12.1 Å². The smallest absolute Gasteiger partial charge is 0.254 e. The number of hydrogen-bond acceptors (Lipinski definition) is 3. The standard InChI is InChI=1S/C22H33FN2O2/c1-15(2)16-7-11-19(12-8-16)27-14-21-20(24)4-3-13-25(21)22(26)17-5-9-18(23)10-6-17/h5-6,9-10,15-16,19-21H,3-4,7-8,11-14,24H2,1-2H3/t16-,19+,20-,21-/m0/s1. The number of hydrogen-bond donors (Lipinski definition) is 1. The van der Waals surface area contributed by atoms with Crippen molar-refractivity contribution in [2.24, 2.45) is 17.6 Å². The monoisotopic (exact) mass is 376 g/mol. The van der Waals surface area contributed by atoms with E-state index in [-0.39, 0.29) is 29.9 Å². The first-order valence-electron chi connectivity index (χ1n) is 10.4. The lowest BCUT2D eigenvalue weighted by Gasteiger charge is -2.41. The largest absolute Gasteiger partial charge is 0.376 e. The van der Waals surface area contributed by atoms with E-state index in [9.17, 15) is 9.18 Å². The molecule has 0 spiro atoms. The first kappa shape index (κ1) is 20.3.